The summed E-state index contributed by atoms with van der Waals surface area (Å²) >= 11 is 0. The molecule has 0 aromatic heterocycles. The van der Waals surface area contributed by atoms with Crippen LogP contribution in [-0.2, 0) is 0 Å². The molecule has 3 rings (SSSR count). The van der Waals surface area contributed by atoms with E-state index in [0.29, 0.717) is 36.0 Å². The van der Waals surface area contributed by atoms with Gasteiger partial charge < -0.3 is 20.5 Å². The number of ether oxygens (including phenoxy) is 2. The number of halogens is 1. The highest BCUT2D eigenvalue weighted by atomic mass is 19.1. The molecule has 2 aromatic rings. The van der Waals surface area contributed by atoms with Crippen LogP contribution in [0.25, 0.3) is 0 Å². The van der Waals surface area contributed by atoms with E-state index in [-0.39, 0.29) is 11.6 Å². The molecule has 0 spiro atoms. The molecule has 5 nitrogen and oxygen atoms in total. The largest absolute Gasteiger partial charge is 0.486 e. The minimum atomic E-state index is -0.521. The molecule has 0 aliphatic carbocycles. The molecule has 1 aliphatic heterocycles. The van der Waals surface area contributed by atoms with Gasteiger partial charge >= 0.3 is 0 Å². The number of nitrogens with one attached hydrogen (secondary N) is 1. The van der Waals surface area contributed by atoms with Crippen molar-refractivity contribution in [2.45, 2.75) is 13.8 Å². The second-order valence-corrected chi connectivity index (χ2v) is 4.55. The van der Waals surface area contributed by atoms with Gasteiger partial charge in [0.2, 0.25) is 0 Å². The zero-order valence-electron chi connectivity index (χ0n) is 13.1. The maximum absolute atomic E-state index is 13.1. The van der Waals surface area contributed by atoms with Crippen LogP contribution in [0, 0.1) is 5.82 Å². The first-order valence-corrected chi connectivity index (χ1v) is 7.39. The Hall–Kier alpha value is -2.76. The molecule has 0 fully saturated rings. The van der Waals surface area contributed by atoms with Crippen molar-refractivity contribution in [2.24, 2.45) is 0 Å². The van der Waals surface area contributed by atoms with Crippen LogP contribution in [0.15, 0.2) is 36.4 Å². The minimum Gasteiger partial charge on any atom is -0.486 e. The summed E-state index contributed by atoms with van der Waals surface area (Å²) in [6, 6.07) is 8.94. The lowest BCUT2D eigenvalue weighted by Gasteiger charge is -2.18. The van der Waals surface area contributed by atoms with Crippen molar-refractivity contribution in [3.8, 4) is 11.5 Å². The fourth-order valence-corrected chi connectivity index (χ4v) is 2.01. The highest BCUT2D eigenvalue weighted by molar-refractivity contribution is 6.04. The molecule has 1 amide bonds. The molecule has 0 unspecified atom stereocenters. The highest BCUT2D eigenvalue weighted by Gasteiger charge is 2.15. The first-order chi connectivity index (χ1) is 11.1. The molecule has 0 saturated heterocycles. The van der Waals surface area contributed by atoms with Gasteiger partial charge in [0.25, 0.3) is 5.91 Å². The van der Waals surface area contributed by atoms with Crippen LogP contribution in [0.3, 0.4) is 0 Å². The molecule has 23 heavy (non-hydrogen) atoms. The summed E-state index contributed by atoms with van der Waals surface area (Å²) in [6.07, 6.45) is 0. The predicted molar refractivity (Wildman–Crippen MR) is 87.5 cm³/mol. The normalized spacial score (nSPS) is 12.0. The number of hydrogen-bond donors (Lipinski definition) is 2. The van der Waals surface area contributed by atoms with Crippen molar-refractivity contribution in [2.75, 3.05) is 24.3 Å². The van der Waals surface area contributed by atoms with Crippen LogP contribution in [0.1, 0.15) is 24.2 Å². The van der Waals surface area contributed by atoms with Gasteiger partial charge in [0.1, 0.15) is 19.0 Å². The van der Waals surface area contributed by atoms with Crippen LogP contribution in [0.5, 0.6) is 11.5 Å². The Morgan fingerprint density at radius 1 is 1.09 bits per heavy atom. The van der Waals surface area contributed by atoms with Crippen molar-refractivity contribution in [1.29, 1.82) is 0 Å². The van der Waals surface area contributed by atoms with Crippen molar-refractivity contribution in [3.05, 3.63) is 47.8 Å². The van der Waals surface area contributed by atoms with Gasteiger partial charge in [-0.05, 0) is 36.4 Å². The number of hydrogen-bond acceptors (Lipinski definition) is 4. The number of amides is 1. The molecular weight excluding hydrogens is 299 g/mol. The fourth-order valence-electron chi connectivity index (χ4n) is 2.01. The van der Waals surface area contributed by atoms with E-state index >= 15 is 0 Å². The monoisotopic (exact) mass is 318 g/mol. The summed E-state index contributed by atoms with van der Waals surface area (Å²) in [7, 11) is 0. The van der Waals surface area contributed by atoms with E-state index in [1.807, 2.05) is 13.8 Å². The van der Waals surface area contributed by atoms with Crippen LogP contribution in [-0.4, -0.2) is 19.1 Å². The van der Waals surface area contributed by atoms with Gasteiger partial charge in [-0.25, -0.2) is 4.39 Å². The number of carbonyl (C=O) groups is 1. The van der Waals surface area contributed by atoms with Gasteiger partial charge in [0.15, 0.2) is 11.5 Å². The van der Waals surface area contributed by atoms with Gasteiger partial charge in [0.05, 0.1) is 5.69 Å². The lowest BCUT2D eigenvalue weighted by Crippen LogP contribution is -2.17. The number of fused-ring (bicyclic) bond motifs is 1. The van der Waals surface area contributed by atoms with Crippen molar-refractivity contribution in [3.63, 3.8) is 0 Å². The Kier molecular flexibility index (Phi) is 5.41. The smallest absolute Gasteiger partial charge is 0.255 e. The quantitative estimate of drug-likeness (QED) is 0.832. The molecule has 0 bridgehead atoms. The van der Waals surface area contributed by atoms with E-state index in [4.69, 9.17) is 15.2 Å². The van der Waals surface area contributed by atoms with Gasteiger partial charge in [-0.15, -0.1) is 0 Å². The van der Waals surface area contributed by atoms with E-state index < -0.39 is 5.82 Å². The Labute approximate surface area is 134 Å². The van der Waals surface area contributed by atoms with Gasteiger partial charge in [-0.3, -0.25) is 4.79 Å². The van der Waals surface area contributed by atoms with Crippen LogP contribution in [0.4, 0.5) is 15.8 Å². The average Bonchev–Trinajstić information content (AvgIpc) is 2.59. The summed E-state index contributed by atoms with van der Waals surface area (Å²) in [5, 5.41) is 2.65. The third-order valence-corrected chi connectivity index (χ3v) is 3.06. The highest BCUT2D eigenvalue weighted by Crippen LogP contribution is 2.31. The fraction of sp³-hybridized carbons (Fsp3) is 0.235. The average molecular weight is 318 g/mol. The first kappa shape index (κ1) is 16.6. The number of rotatable bonds is 2. The van der Waals surface area contributed by atoms with E-state index in [9.17, 15) is 9.18 Å². The number of carbonyl (C=O) groups excluding carboxylic acids is 1. The topological polar surface area (TPSA) is 73.6 Å². The lowest BCUT2D eigenvalue weighted by atomic mass is 10.1. The second-order valence-electron chi connectivity index (χ2n) is 4.55. The van der Waals surface area contributed by atoms with E-state index in [1.54, 1.807) is 18.2 Å². The van der Waals surface area contributed by atoms with Gasteiger partial charge in [-0.1, -0.05) is 13.8 Å². The van der Waals surface area contributed by atoms with Gasteiger partial charge in [-0.2, -0.15) is 0 Å². The summed E-state index contributed by atoms with van der Waals surface area (Å²) in [5.41, 5.74) is 6.29. The number of nitrogens with two attached hydrogens (primary N) is 1. The van der Waals surface area contributed by atoms with Crippen LogP contribution >= 0.6 is 0 Å². The SMILES string of the molecule is CC.Nc1cc(NC(=O)c2ccc3c(c2)OCCO3)ccc1F. The van der Waals surface area contributed by atoms with Crippen LogP contribution in [0.2, 0.25) is 0 Å². The molecule has 0 saturated carbocycles. The first-order valence-electron chi connectivity index (χ1n) is 7.39. The summed E-state index contributed by atoms with van der Waals surface area (Å²) in [6.45, 7) is 4.94. The summed E-state index contributed by atoms with van der Waals surface area (Å²) in [5.74, 6) is 0.293. The Bertz CT molecular complexity index is 704. The van der Waals surface area contributed by atoms with Crippen molar-refractivity contribution < 1.29 is 18.7 Å². The standard InChI is InChI=1S/C15H13FN2O3.C2H6/c16-11-3-2-10(8-12(11)17)18-15(19)9-1-4-13-14(7-9)21-6-5-20-13;1-2/h1-4,7-8H,5-6,17H2,(H,18,19);1-2H3. The van der Waals surface area contributed by atoms with Crippen LogP contribution < -0.4 is 20.5 Å². The van der Waals surface area contributed by atoms with E-state index in [1.165, 1.54) is 18.2 Å². The molecule has 3 N–H and O–H groups in total. The Morgan fingerprint density at radius 3 is 2.48 bits per heavy atom. The van der Waals surface area contributed by atoms with Gasteiger partial charge in [0, 0.05) is 11.3 Å². The molecule has 1 aliphatic rings. The Balaban J connectivity index is 0.000000924. The molecule has 2 aromatic carbocycles. The lowest BCUT2D eigenvalue weighted by molar-refractivity contribution is 0.102. The third-order valence-electron chi connectivity index (χ3n) is 3.06. The molecule has 0 radical (unpaired) electrons. The summed E-state index contributed by atoms with van der Waals surface area (Å²) < 4.78 is 23.9. The molecule has 0 atom stereocenters. The molecule has 122 valence electrons. The zero-order valence-corrected chi connectivity index (χ0v) is 13.1. The second kappa shape index (κ2) is 7.49. The predicted octanol–water partition coefficient (Wildman–Crippen LogP) is 3.46. The number of nitrogen functional groups attached to an aromatic ring is 1. The van der Waals surface area contributed by atoms with Crippen molar-refractivity contribution >= 4 is 17.3 Å². The third kappa shape index (κ3) is 3.91. The zero-order chi connectivity index (χ0) is 16.8. The van der Waals surface area contributed by atoms with E-state index in [0.717, 1.165) is 0 Å². The maximum Gasteiger partial charge on any atom is 0.255 e. The maximum atomic E-state index is 13.1. The molecule has 1 heterocycles. The minimum absolute atomic E-state index is 0.0185. The Morgan fingerprint density at radius 2 is 1.78 bits per heavy atom. The number of anilines is 2. The van der Waals surface area contributed by atoms with E-state index in [2.05, 4.69) is 5.32 Å². The summed E-state index contributed by atoms with van der Waals surface area (Å²) in [4.78, 5) is 12.2. The molecular formula is C17H19FN2O3. The van der Waals surface area contributed by atoms with Crippen molar-refractivity contribution in [1.82, 2.24) is 0 Å². The molecule has 6 heteroatoms. The number of benzene rings is 2.